The molecule has 0 aliphatic heterocycles. The van der Waals surface area contributed by atoms with Gasteiger partial charge in [0.1, 0.15) is 0 Å². The van der Waals surface area contributed by atoms with E-state index in [0.29, 0.717) is 17.6 Å². The summed E-state index contributed by atoms with van der Waals surface area (Å²) in [7, 11) is 0. The molecule has 21 heavy (non-hydrogen) atoms. The highest BCUT2D eigenvalue weighted by Crippen LogP contribution is 2.24. The second-order valence-electron chi connectivity index (χ2n) is 5.70. The molecular formula is C16H19Cl2N3. The van der Waals surface area contributed by atoms with E-state index < -0.39 is 0 Å². The van der Waals surface area contributed by atoms with Crippen LogP contribution in [0.15, 0.2) is 18.2 Å². The fourth-order valence-electron chi connectivity index (χ4n) is 2.50. The average Bonchev–Trinajstić information content (AvgIpc) is 3.22. The molecule has 5 heteroatoms. The molecule has 1 aromatic carbocycles. The molecule has 1 N–H and O–H groups in total. The van der Waals surface area contributed by atoms with Gasteiger partial charge < -0.3 is 5.32 Å². The van der Waals surface area contributed by atoms with E-state index in [1.165, 1.54) is 24.1 Å². The summed E-state index contributed by atoms with van der Waals surface area (Å²) in [5, 5.41) is 9.63. The van der Waals surface area contributed by atoms with Gasteiger partial charge in [0.15, 0.2) is 0 Å². The molecule has 1 aromatic heterocycles. The topological polar surface area (TPSA) is 29.9 Å². The van der Waals surface area contributed by atoms with Crippen molar-refractivity contribution >= 4 is 23.2 Å². The van der Waals surface area contributed by atoms with Crippen LogP contribution in [0.25, 0.3) is 0 Å². The third-order valence-electron chi connectivity index (χ3n) is 4.00. The van der Waals surface area contributed by atoms with Gasteiger partial charge in [-0.05, 0) is 50.5 Å². The van der Waals surface area contributed by atoms with Gasteiger partial charge in [-0.2, -0.15) is 5.10 Å². The molecule has 1 saturated carbocycles. The Morgan fingerprint density at radius 1 is 1.29 bits per heavy atom. The summed E-state index contributed by atoms with van der Waals surface area (Å²) in [6, 6.07) is 6.25. The predicted octanol–water partition coefficient (Wildman–Crippen LogP) is 4.11. The van der Waals surface area contributed by atoms with Gasteiger partial charge in [-0.3, -0.25) is 4.68 Å². The first kappa shape index (κ1) is 14.9. The van der Waals surface area contributed by atoms with E-state index in [0.717, 1.165) is 22.8 Å². The van der Waals surface area contributed by atoms with Crippen LogP contribution in [0.1, 0.15) is 35.4 Å². The lowest BCUT2D eigenvalue weighted by atomic mass is 10.2. The number of hydrogen-bond acceptors (Lipinski definition) is 2. The number of hydrogen-bond donors (Lipinski definition) is 1. The van der Waals surface area contributed by atoms with Crippen LogP contribution in [0.3, 0.4) is 0 Å². The summed E-state index contributed by atoms with van der Waals surface area (Å²) in [6.07, 6.45) is 2.59. The molecule has 0 radical (unpaired) electrons. The van der Waals surface area contributed by atoms with Gasteiger partial charge in [0.25, 0.3) is 0 Å². The fourth-order valence-corrected chi connectivity index (χ4v) is 2.88. The summed E-state index contributed by atoms with van der Waals surface area (Å²) in [6.45, 7) is 5.72. The number of aryl methyl sites for hydroxylation is 1. The van der Waals surface area contributed by atoms with E-state index in [9.17, 15) is 0 Å². The summed E-state index contributed by atoms with van der Waals surface area (Å²) in [4.78, 5) is 0. The van der Waals surface area contributed by atoms with Gasteiger partial charge in [0.05, 0.1) is 12.2 Å². The molecule has 1 heterocycles. The number of nitrogens with zero attached hydrogens (tertiary/aromatic N) is 2. The predicted molar refractivity (Wildman–Crippen MR) is 87.1 cm³/mol. The van der Waals surface area contributed by atoms with Gasteiger partial charge in [-0.15, -0.1) is 0 Å². The average molecular weight is 324 g/mol. The van der Waals surface area contributed by atoms with Gasteiger partial charge in [0.2, 0.25) is 0 Å². The minimum absolute atomic E-state index is 0.648. The van der Waals surface area contributed by atoms with E-state index in [2.05, 4.69) is 24.3 Å². The Morgan fingerprint density at radius 3 is 2.76 bits per heavy atom. The van der Waals surface area contributed by atoms with Crippen LogP contribution >= 0.6 is 23.2 Å². The maximum absolute atomic E-state index is 6.24. The van der Waals surface area contributed by atoms with E-state index >= 15 is 0 Å². The molecule has 1 fully saturated rings. The Bertz CT molecular complexity index is 660. The SMILES string of the molecule is Cc1nn(Cc2cc(Cl)ccc2Cl)c(C)c1CNC1CC1. The largest absolute Gasteiger partial charge is 0.310 e. The Kier molecular flexibility index (Phi) is 4.25. The summed E-state index contributed by atoms with van der Waals surface area (Å²) in [5.74, 6) is 0. The van der Waals surface area contributed by atoms with E-state index in [-0.39, 0.29) is 0 Å². The van der Waals surface area contributed by atoms with Crippen molar-refractivity contribution in [3.8, 4) is 0 Å². The lowest BCUT2D eigenvalue weighted by molar-refractivity contribution is 0.652. The lowest BCUT2D eigenvalue weighted by Gasteiger charge is -2.08. The third kappa shape index (κ3) is 3.42. The van der Waals surface area contributed by atoms with Crippen LogP contribution in [-0.2, 0) is 13.1 Å². The first-order valence-electron chi connectivity index (χ1n) is 7.25. The Morgan fingerprint density at radius 2 is 2.05 bits per heavy atom. The highest BCUT2D eigenvalue weighted by Gasteiger charge is 2.21. The molecule has 3 nitrogen and oxygen atoms in total. The maximum atomic E-state index is 6.24. The Hall–Kier alpha value is -1.03. The lowest BCUT2D eigenvalue weighted by Crippen LogP contribution is -2.16. The summed E-state index contributed by atoms with van der Waals surface area (Å²) >= 11 is 12.3. The highest BCUT2D eigenvalue weighted by atomic mass is 35.5. The van der Waals surface area contributed by atoms with Crippen molar-refractivity contribution in [2.45, 2.75) is 45.8 Å². The summed E-state index contributed by atoms with van der Waals surface area (Å²) < 4.78 is 2.01. The Balaban J connectivity index is 1.81. The molecular weight excluding hydrogens is 305 g/mol. The summed E-state index contributed by atoms with van der Waals surface area (Å²) in [5.41, 5.74) is 4.56. The van der Waals surface area contributed by atoms with Crippen LogP contribution in [0.5, 0.6) is 0 Å². The van der Waals surface area contributed by atoms with Crippen LogP contribution < -0.4 is 5.32 Å². The minimum Gasteiger partial charge on any atom is -0.310 e. The smallest absolute Gasteiger partial charge is 0.0677 e. The highest BCUT2D eigenvalue weighted by molar-refractivity contribution is 6.33. The zero-order valence-corrected chi connectivity index (χ0v) is 13.8. The van der Waals surface area contributed by atoms with Gasteiger partial charge in [-0.1, -0.05) is 23.2 Å². The molecule has 0 spiro atoms. The normalized spacial score (nSPS) is 14.7. The minimum atomic E-state index is 0.648. The van der Waals surface area contributed by atoms with E-state index in [1.54, 1.807) is 6.07 Å². The fraction of sp³-hybridized carbons (Fsp3) is 0.438. The van der Waals surface area contributed by atoms with E-state index in [4.69, 9.17) is 23.2 Å². The van der Waals surface area contributed by atoms with Crippen molar-refractivity contribution in [2.24, 2.45) is 0 Å². The molecule has 1 aliphatic carbocycles. The molecule has 0 saturated heterocycles. The molecule has 0 unspecified atom stereocenters. The molecule has 0 bridgehead atoms. The maximum Gasteiger partial charge on any atom is 0.0677 e. The van der Waals surface area contributed by atoms with Crippen LogP contribution in [0.4, 0.5) is 0 Å². The molecule has 112 valence electrons. The van der Waals surface area contributed by atoms with Crippen molar-refractivity contribution in [1.29, 1.82) is 0 Å². The molecule has 0 atom stereocenters. The molecule has 0 amide bonds. The van der Waals surface area contributed by atoms with Crippen molar-refractivity contribution in [3.63, 3.8) is 0 Å². The number of halogens is 2. The first-order valence-corrected chi connectivity index (χ1v) is 8.00. The van der Waals surface area contributed by atoms with Gasteiger partial charge in [0, 0.05) is 33.9 Å². The van der Waals surface area contributed by atoms with Crippen molar-refractivity contribution < 1.29 is 0 Å². The van der Waals surface area contributed by atoms with Crippen LogP contribution in [0, 0.1) is 13.8 Å². The standard InChI is InChI=1S/C16H19Cl2N3/c1-10-15(8-19-14-4-5-14)11(2)21(20-10)9-12-7-13(17)3-6-16(12)18/h3,6-7,14,19H,4-5,8-9H2,1-2H3. The molecule has 3 rings (SSSR count). The monoisotopic (exact) mass is 323 g/mol. The zero-order chi connectivity index (χ0) is 15.0. The molecule has 2 aromatic rings. The van der Waals surface area contributed by atoms with Gasteiger partial charge >= 0.3 is 0 Å². The van der Waals surface area contributed by atoms with Gasteiger partial charge in [-0.25, -0.2) is 0 Å². The van der Waals surface area contributed by atoms with Crippen molar-refractivity contribution in [3.05, 3.63) is 50.8 Å². The zero-order valence-electron chi connectivity index (χ0n) is 12.3. The third-order valence-corrected chi connectivity index (χ3v) is 4.61. The quantitative estimate of drug-likeness (QED) is 0.897. The number of benzene rings is 1. The first-order chi connectivity index (χ1) is 10.0. The molecule has 1 aliphatic rings. The number of aromatic nitrogens is 2. The van der Waals surface area contributed by atoms with Crippen LogP contribution in [-0.4, -0.2) is 15.8 Å². The second kappa shape index (κ2) is 5.99. The number of nitrogens with one attached hydrogen (secondary N) is 1. The van der Waals surface area contributed by atoms with E-state index in [1.807, 2.05) is 16.8 Å². The Labute approximate surface area is 135 Å². The van der Waals surface area contributed by atoms with Crippen LogP contribution in [0.2, 0.25) is 10.0 Å². The van der Waals surface area contributed by atoms with Crippen molar-refractivity contribution in [2.75, 3.05) is 0 Å². The number of rotatable bonds is 5. The van der Waals surface area contributed by atoms with Crippen molar-refractivity contribution in [1.82, 2.24) is 15.1 Å². The second-order valence-corrected chi connectivity index (χ2v) is 6.54.